The molecule has 1 atom stereocenters. The molecule has 1 unspecified atom stereocenters. The van der Waals surface area contributed by atoms with E-state index in [0.29, 0.717) is 18.4 Å². The van der Waals surface area contributed by atoms with Crippen molar-refractivity contribution < 1.29 is 9.84 Å². The molecule has 1 N–H and O–H groups in total. The summed E-state index contributed by atoms with van der Waals surface area (Å²) in [6.45, 7) is 13.0. The van der Waals surface area contributed by atoms with E-state index in [1.807, 2.05) is 26.0 Å². The first kappa shape index (κ1) is 19.2. The first-order valence-electron chi connectivity index (χ1n) is 9.24. The Balaban J connectivity index is 2.53. The second kappa shape index (κ2) is 8.32. The van der Waals surface area contributed by atoms with Crippen molar-refractivity contribution in [2.75, 3.05) is 6.61 Å². The van der Waals surface area contributed by atoms with Crippen LogP contribution in [0.2, 0.25) is 0 Å². The summed E-state index contributed by atoms with van der Waals surface area (Å²) in [5.41, 5.74) is 5.17. The molecule has 0 amide bonds. The van der Waals surface area contributed by atoms with Crippen LogP contribution in [0, 0.1) is 19.8 Å². The van der Waals surface area contributed by atoms with Gasteiger partial charge in [0.25, 0.3) is 0 Å². The van der Waals surface area contributed by atoms with Gasteiger partial charge in [0.15, 0.2) is 0 Å². The molecule has 0 spiro atoms. The summed E-state index contributed by atoms with van der Waals surface area (Å²) < 4.78 is 5.96. The van der Waals surface area contributed by atoms with Gasteiger partial charge in [0.05, 0.1) is 18.0 Å². The fraction of sp³-hybridized carbons (Fsp3) is 0.524. The number of hydrogen-bond donors (Lipinski definition) is 1. The summed E-state index contributed by atoms with van der Waals surface area (Å²) in [6, 6.07) is 3.95. The van der Waals surface area contributed by atoms with Crippen LogP contribution in [-0.2, 0) is 12.8 Å². The van der Waals surface area contributed by atoms with Gasteiger partial charge in [0, 0.05) is 5.56 Å². The molecule has 25 heavy (non-hydrogen) atoms. The molecule has 4 nitrogen and oxygen atoms in total. The van der Waals surface area contributed by atoms with E-state index in [2.05, 4.69) is 27.7 Å². The molecule has 2 aromatic rings. The minimum Gasteiger partial charge on any atom is -0.507 e. The minimum atomic E-state index is 0.282. The van der Waals surface area contributed by atoms with Gasteiger partial charge in [-0.1, -0.05) is 40.2 Å². The molecule has 0 aliphatic rings. The number of rotatable bonds is 7. The molecule has 2 rings (SSSR count). The van der Waals surface area contributed by atoms with Crippen molar-refractivity contribution in [2.45, 2.75) is 60.8 Å². The Morgan fingerprint density at radius 2 is 1.72 bits per heavy atom. The van der Waals surface area contributed by atoms with Gasteiger partial charge in [-0.2, -0.15) is 0 Å². The predicted octanol–water partition coefficient (Wildman–Crippen LogP) is 5.02. The predicted molar refractivity (Wildman–Crippen MR) is 102 cm³/mol. The van der Waals surface area contributed by atoms with Crippen molar-refractivity contribution in [1.82, 2.24) is 9.97 Å². The second-order valence-electron chi connectivity index (χ2n) is 6.78. The number of aromatic nitrogens is 2. The Kier molecular flexibility index (Phi) is 6.40. The molecule has 1 aromatic heterocycles. The third kappa shape index (κ3) is 4.30. The van der Waals surface area contributed by atoms with Crippen LogP contribution in [0.5, 0.6) is 11.6 Å². The molecular weight excluding hydrogens is 312 g/mol. The van der Waals surface area contributed by atoms with Crippen molar-refractivity contribution in [3.8, 4) is 22.9 Å². The Bertz CT molecular complexity index is 741. The highest BCUT2D eigenvalue weighted by molar-refractivity contribution is 5.71. The largest absolute Gasteiger partial charge is 0.507 e. The van der Waals surface area contributed by atoms with E-state index >= 15 is 0 Å². The molecule has 0 bridgehead atoms. The lowest BCUT2D eigenvalue weighted by Crippen LogP contribution is -2.12. The zero-order valence-corrected chi connectivity index (χ0v) is 16.3. The summed E-state index contributed by atoms with van der Waals surface area (Å²) in [5.74, 6) is 1.40. The monoisotopic (exact) mass is 342 g/mol. The molecule has 0 fully saturated rings. The Labute approximate surface area is 151 Å². The molecule has 0 radical (unpaired) electrons. The van der Waals surface area contributed by atoms with E-state index in [1.165, 1.54) is 0 Å². The zero-order valence-electron chi connectivity index (χ0n) is 16.3. The van der Waals surface area contributed by atoms with Crippen LogP contribution in [0.1, 0.15) is 56.6 Å². The standard InChI is InChI=1S/C21H30N2O2/c1-7-13(4)12-25-21-18(9-3)22-19(17(8-2)23-21)16-11-14(5)10-15(6)20(16)24/h10-11,13,24H,7-9,12H2,1-6H3. The van der Waals surface area contributed by atoms with Crippen LogP contribution in [0.4, 0.5) is 0 Å². The Morgan fingerprint density at radius 3 is 2.32 bits per heavy atom. The van der Waals surface area contributed by atoms with Crippen LogP contribution in [0.3, 0.4) is 0 Å². The van der Waals surface area contributed by atoms with Crippen LogP contribution < -0.4 is 4.74 Å². The molecule has 0 saturated carbocycles. The van der Waals surface area contributed by atoms with Gasteiger partial charge in [0.2, 0.25) is 5.88 Å². The number of ether oxygens (including phenoxy) is 1. The van der Waals surface area contributed by atoms with E-state index < -0.39 is 0 Å². The average molecular weight is 342 g/mol. The highest BCUT2D eigenvalue weighted by Gasteiger charge is 2.18. The lowest BCUT2D eigenvalue weighted by molar-refractivity contribution is 0.243. The summed E-state index contributed by atoms with van der Waals surface area (Å²) in [7, 11) is 0. The first-order chi connectivity index (χ1) is 11.9. The fourth-order valence-electron chi connectivity index (χ4n) is 2.77. The van der Waals surface area contributed by atoms with Gasteiger partial charge < -0.3 is 9.84 Å². The van der Waals surface area contributed by atoms with Gasteiger partial charge >= 0.3 is 0 Å². The van der Waals surface area contributed by atoms with E-state index in [-0.39, 0.29) is 5.75 Å². The number of aryl methyl sites for hydroxylation is 4. The van der Waals surface area contributed by atoms with Gasteiger partial charge in [0.1, 0.15) is 11.4 Å². The van der Waals surface area contributed by atoms with Crippen LogP contribution in [0.15, 0.2) is 12.1 Å². The number of nitrogens with zero attached hydrogens (tertiary/aromatic N) is 2. The normalized spacial score (nSPS) is 12.2. The third-order valence-electron chi connectivity index (χ3n) is 4.57. The number of benzene rings is 1. The van der Waals surface area contributed by atoms with Gasteiger partial charge in [-0.25, -0.2) is 9.97 Å². The number of phenolic OH excluding ortho intramolecular Hbond substituents is 1. The average Bonchev–Trinajstić information content (AvgIpc) is 2.61. The molecule has 136 valence electrons. The van der Waals surface area contributed by atoms with Gasteiger partial charge in [-0.3, -0.25) is 0 Å². The van der Waals surface area contributed by atoms with E-state index in [9.17, 15) is 5.11 Å². The number of hydrogen-bond acceptors (Lipinski definition) is 4. The topological polar surface area (TPSA) is 55.2 Å². The molecular formula is C21H30N2O2. The first-order valence-corrected chi connectivity index (χ1v) is 9.24. The maximum absolute atomic E-state index is 10.5. The maximum atomic E-state index is 10.5. The quantitative estimate of drug-likeness (QED) is 0.768. The molecule has 1 aromatic carbocycles. The van der Waals surface area contributed by atoms with Crippen LogP contribution in [0.25, 0.3) is 11.3 Å². The zero-order chi connectivity index (χ0) is 18.6. The highest BCUT2D eigenvalue weighted by Crippen LogP contribution is 2.35. The van der Waals surface area contributed by atoms with Crippen molar-refractivity contribution in [2.24, 2.45) is 5.92 Å². The summed E-state index contributed by atoms with van der Waals surface area (Å²) in [5, 5.41) is 10.5. The minimum absolute atomic E-state index is 0.282. The third-order valence-corrected chi connectivity index (χ3v) is 4.57. The second-order valence-corrected chi connectivity index (χ2v) is 6.78. The van der Waals surface area contributed by atoms with E-state index in [0.717, 1.165) is 53.0 Å². The van der Waals surface area contributed by atoms with Crippen molar-refractivity contribution in [1.29, 1.82) is 0 Å². The number of phenols is 1. The molecule has 0 aliphatic heterocycles. The van der Waals surface area contributed by atoms with Crippen molar-refractivity contribution >= 4 is 0 Å². The van der Waals surface area contributed by atoms with E-state index in [4.69, 9.17) is 14.7 Å². The summed E-state index contributed by atoms with van der Waals surface area (Å²) in [4.78, 5) is 9.58. The van der Waals surface area contributed by atoms with Crippen molar-refractivity contribution in [3.63, 3.8) is 0 Å². The molecule has 1 heterocycles. The summed E-state index contributed by atoms with van der Waals surface area (Å²) in [6.07, 6.45) is 2.55. The van der Waals surface area contributed by atoms with E-state index in [1.54, 1.807) is 0 Å². The Hall–Kier alpha value is -2.10. The smallest absolute Gasteiger partial charge is 0.235 e. The van der Waals surface area contributed by atoms with Gasteiger partial charge in [-0.15, -0.1) is 0 Å². The lowest BCUT2D eigenvalue weighted by Gasteiger charge is -2.17. The lowest BCUT2D eigenvalue weighted by atomic mass is 10.0. The molecule has 0 aliphatic carbocycles. The molecule has 0 saturated heterocycles. The molecule has 4 heteroatoms. The SMILES string of the molecule is CCc1nc(-c2cc(C)cc(C)c2O)c(CC)nc1OCC(C)CC. The number of aromatic hydroxyl groups is 1. The highest BCUT2D eigenvalue weighted by atomic mass is 16.5. The van der Waals surface area contributed by atoms with Crippen LogP contribution in [-0.4, -0.2) is 21.7 Å². The van der Waals surface area contributed by atoms with Crippen molar-refractivity contribution in [3.05, 3.63) is 34.6 Å². The Morgan fingerprint density at radius 1 is 1.04 bits per heavy atom. The van der Waals surface area contributed by atoms with Gasteiger partial charge in [-0.05, 0) is 49.8 Å². The fourth-order valence-corrected chi connectivity index (χ4v) is 2.77. The maximum Gasteiger partial charge on any atom is 0.235 e. The summed E-state index contributed by atoms with van der Waals surface area (Å²) >= 11 is 0. The van der Waals surface area contributed by atoms with Crippen LogP contribution >= 0.6 is 0 Å².